The molecule has 1 aromatic carbocycles. The molecule has 1 unspecified atom stereocenters. The molecule has 7 heteroatoms. The lowest BCUT2D eigenvalue weighted by atomic mass is 10.1. The molecule has 3 rings (SSSR count). The molecule has 2 heterocycles. The largest absolute Gasteiger partial charge is 0.369 e. The molecule has 1 atom stereocenters. The van der Waals surface area contributed by atoms with Gasteiger partial charge in [-0.15, -0.1) is 0 Å². The highest BCUT2D eigenvalue weighted by Crippen LogP contribution is 2.14. The second-order valence-corrected chi connectivity index (χ2v) is 5.85. The molecule has 25 heavy (non-hydrogen) atoms. The van der Waals surface area contributed by atoms with Crippen LogP contribution in [0, 0.1) is 6.92 Å². The first-order chi connectivity index (χ1) is 12.1. The molecule has 2 amide bonds. The summed E-state index contributed by atoms with van der Waals surface area (Å²) < 4.78 is 5.28. The molecule has 130 valence electrons. The van der Waals surface area contributed by atoms with Crippen LogP contribution in [0.5, 0.6) is 0 Å². The molecule has 0 aliphatic carbocycles. The van der Waals surface area contributed by atoms with Gasteiger partial charge in [-0.1, -0.05) is 30.3 Å². The number of hydrogen-bond acceptors (Lipinski definition) is 5. The van der Waals surface area contributed by atoms with Crippen molar-refractivity contribution in [3.63, 3.8) is 0 Å². The minimum absolute atomic E-state index is 0.00170. The summed E-state index contributed by atoms with van der Waals surface area (Å²) in [5, 5.41) is 2.83. The van der Waals surface area contributed by atoms with E-state index in [1.54, 1.807) is 24.1 Å². The number of benzene rings is 1. The van der Waals surface area contributed by atoms with E-state index in [-0.39, 0.29) is 31.6 Å². The van der Waals surface area contributed by atoms with Gasteiger partial charge in [0, 0.05) is 12.7 Å². The van der Waals surface area contributed by atoms with Gasteiger partial charge in [-0.25, -0.2) is 9.97 Å². The molecule has 7 nitrogen and oxygen atoms in total. The van der Waals surface area contributed by atoms with Gasteiger partial charge in [-0.3, -0.25) is 9.59 Å². The summed E-state index contributed by atoms with van der Waals surface area (Å²) in [5.74, 6) is 0.210. The van der Waals surface area contributed by atoms with Crippen molar-refractivity contribution in [2.24, 2.45) is 0 Å². The lowest BCUT2D eigenvalue weighted by molar-refractivity contribution is -0.155. The summed E-state index contributed by atoms with van der Waals surface area (Å²) >= 11 is 0. The maximum absolute atomic E-state index is 12.6. The van der Waals surface area contributed by atoms with Crippen molar-refractivity contribution in [1.29, 1.82) is 0 Å². The minimum Gasteiger partial charge on any atom is -0.369 e. The summed E-state index contributed by atoms with van der Waals surface area (Å²) in [6.45, 7) is 2.65. The molecule has 0 saturated carbocycles. The third-order valence-corrected chi connectivity index (χ3v) is 3.97. The van der Waals surface area contributed by atoms with Gasteiger partial charge in [0.2, 0.25) is 11.8 Å². The van der Waals surface area contributed by atoms with Crippen molar-refractivity contribution >= 4 is 11.8 Å². The van der Waals surface area contributed by atoms with E-state index in [2.05, 4.69) is 15.3 Å². The zero-order chi connectivity index (χ0) is 17.6. The van der Waals surface area contributed by atoms with Crippen LogP contribution in [0.25, 0.3) is 0 Å². The summed E-state index contributed by atoms with van der Waals surface area (Å²) in [7, 11) is 0. The van der Waals surface area contributed by atoms with Crippen molar-refractivity contribution in [3.8, 4) is 0 Å². The lowest BCUT2D eigenvalue weighted by Crippen LogP contribution is -2.55. The monoisotopic (exact) mass is 340 g/mol. The SMILES string of the molecule is Cc1nccc(CNC(=O)C2COCC(=O)N2Cc2ccccc2)n1. The number of nitrogens with one attached hydrogen (secondary N) is 1. The Morgan fingerprint density at radius 2 is 2.12 bits per heavy atom. The second-order valence-electron chi connectivity index (χ2n) is 5.85. The van der Waals surface area contributed by atoms with Crippen LogP contribution < -0.4 is 5.32 Å². The van der Waals surface area contributed by atoms with Gasteiger partial charge in [0.1, 0.15) is 18.5 Å². The first-order valence-corrected chi connectivity index (χ1v) is 8.11. The molecule has 1 aliphatic heterocycles. The lowest BCUT2D eigenvalue weighted by Gasteiger charge is -2.34. The Morgan fingerprint density at radius 1 is 1.32 bits per heavy atom. The molecular formula is C18H20N4O3. The summed E-state index contributed by atoms with van der Waals surface area (Å²) in [5.41, 5.74) is 1.69. The third-order valence-electron chi connectivity index (χ3n) is 3.97. The van der Waals surface area contributed by atoms with Crippen molar-refractivity contribution in [1.82, 2.24) is 20.2 Å². The Bertz CT molecular complexity index is 751. The summed E-state index contributed by atoms with van der Waals surface area (Å²) in [4.78, 5) is 34.7. The summed E-state index contributed by atoms with van der Waals surface area (Å²) in [6, 6.07) is 10.7. The van der Waals surface area contributed by atoms with Crippen LogP contribution in [0.15, 0.2) is 42.6 Å². The zero-order valence-electron chi connectivity index (χ0n) is 14.0. The second kappa shape index (κ2) is 7.85. The van der Waals surface area contributed by atoms with Crippen LogP contribution in [0.4, 0.5) is 0 Å². The Morgan fingerprint density at radius 3 is 2.88 bits per heavy atom. The van der Waals surface area contributed by atoms with E-state index >= 15 is 0 Å². The number of aryl methyl sites for hydroxylation is 1. The van der Waals surface area contributed by atoms with E-state index in [4.69, 9.17) is 4.74 Å². The van der Waals surface area contributed by atoms with E-state index in [0.29, 0.717) is 12.4 Å². The molecule has 0 spiro atoms. The van der Waals surface area contributed by atoms with Gasteiger partial charge in [-0.2, -0.15) is 0 Å². The van der Waals surface area contributed by atoms with Crippen LogP contribution in [0.2, 0.25) is 0 Å². The predicted molar refractivity (Wildman–Crippen MR) is 90.2 cm³/mol. The average Bonchev–Trinajstić information content (AvgIpc) is 2.62. The Labute approximate surface area is 146 Å². The fourth-order valence-corrected chi connectivity index (χ4v) is 2.70. The fourth-order valence-electron chi connectivity index (χ4n) is 2.70. The predicted octanol–water partition coefficient (Wildman–Crippen LogP) is 0.829. The highest BCUT2D eigenvalue weighted by molar-refractivity contribution is 5.89. The summed E-state index contributed by atoms with van der Waals surface area (Å²) in [6.07, 6.45) is 1.65. The topological polar surface area (TPSA) is 84.4 Å². The highest BCUT2D eigenvalue weighted by atomic mass is 16.5. The van der Waals surface area contributed by atoms with Crippen LogP contribution in [0.1, 0.15) is 17.1 Å². The van der Waals surface area contributed by atoms with E-state index < -0.39 is 6.04 Å². The molecule has 1 aliphatic rings. The van der Waals surface area contributed by atoms with Crippen molar-refractivity contribution in [2.45, 2.75) is 26.1 Å². The maximum atomic E-state index is 12.6. The quantitative estimate of drug-likeness (QED) is 0.871. The van der Waals surface area contributed by atoms with Crippen LogP contribution in [0.3, 0.4) is 0 Å². The first kappa shape index (κ1) is 17.0. The van der Waals surface area contributed by atoms with Crippen LogP contribution >= 0.6 is 0 Å². The number of aromatic nitrogens is 2. The van der Waals surface area contributed by atoms with Gasteiger partial charge in [0.25, 0.3) is 0 Å². The molecular weight excluding hydrogens is 320 g/mol. The third kappa shape index (κ3) is 4.39. The highest BCUT2D eigenvalue weighted by Gasteiger charge is 2.33. The van der Waals surface area contributed by atoms with Gasteiger partial charge < -0.3 is 15.0 Å². The molecule has 1 N–H and O–H groups in total. The van der Waals surface area contributed by atoms with Gasteiger partial charge in [0.05, 0.1) is 18.8 Å². The number of carbonyl (C=O) groups excluding carboxylic acids is 2. The fraction of sp³-hybridized carbons (Fsp3) is 0.333. The Balaban J connectivity index is 1.67. The van der Waals surface area contributed by atoms with E-state index in [1.165, 1.54) is 0 Å². The Kier molecular flexibility index (Phi) is 5.35. The smallest absolute Gasteiger partial charge is 0.249 e. The number of rotatable bonds is 5. The van der Waals surface area contributed by atoms with E-state index in [0.717, 1.165) is 11.3 Å². The van der Waals surface area contributed by atoms with E-state index in [1.807, 2.05) is 30.3 Å². The number of nitrogens with zero attached hydrogens (tertiary/aromatic N) is 3. The van der Waals surface area contributed by atoms with Crippen molar-refractivity contribution in [3.05, 3.63) is 59.7 Å². The van der Waals surface area contributed by atoms with Gasteiger partial charge >= 0.3 is 0 Å². The van der Waals surface area contributed by atoms with Crippen LogP contribution in [-0.4, -0.2) is 45.9 Å². The molecule has 0 bridgehead atoms. The Hall–Kier alpha value is -2.80. The number of amides is 2. The molecule has 1 aromatic heterocycles. The van der Waals surface area contributed by atoms with Crippen molar-refractivity contribution < 1.29 is 14.3 Å². The van der Waals surface area contributed by atoms with Crippen molar-refractivity contribution in [2.75, 3.05) is 13.2 Å². The number of ether oxygens (including phenoxy) is 1. The minimum atomic E-state index is -0.649. The molecule has 2 aromatic rings. The maximum Gasteiger partial charge on any atom is 0.249 e. The molecule has 0 radical (unpaired) electrons. The standard InChI is InChI=1S/C18H20N4O3/c1-13-19-8-7-15(21-13)9-20-18(24)16-11-25-12-17(23)22(16)10-14-5-3-2-4-6-14/h2-8,16H,9-12H2,1H3,(H,20,24). The van der Waals surface area contributed by atoms with Gasteiger partial charge in [-0.05, 0) is 18.6 Å². The number of morpholine rings is 1. The molecule has 1 saturated heterocycles. The zero-order valence-corrected chi connectivity index (χ0v) is 14.0. The van der Waals surface area contributed by atoms with E-state index in [9.17, 15) is 9.59 Å². The number of hydrogen-bond donors (Lipinski definition) is 1. The average molecular weight is 340 g/mol. The number of carbonyl (C=O) groups is 2. The van der Waals surface area contributed by atoms with Gasteiger partial charge in [0.15, 0.2) is 0 Å². The normalized spacial score (nSPS) is 17.4. The van der Waals surface area contributed by atoms with Crippen LogP contribution in [-0.2, 0) is 27.4 Å². The molecule has 1 fully saturated rings. The first-order valence-electron chi connectivity index (χ1n) is 8.11.